The Morgan fingerprint density at radius 3 is 2.53 bits per heavy atom. The molecule has 1 saturated heterocycles. The molecule has 3 unspecified atom stereocenters. The highest BCUT2D eigenvalue weighted by molar-refractivity contribution is 5.72. The summed E-state index contributed by atoms with van der Waals surface area (Å²) in [5.74, 6) is 0.507. The molecule has 1 N–H and O–H groups in total. The fourth-order valence-corrected chi connectivity index (χ4v) is 2.90. The van der Waals surface area contributed by atoms with Crippen molar-refractivity contribution in [2.24, 2.45) is 11.8 Å². The third kappa shape index (κ3) is 4.77. The Bertz CT molecular complexity index is 275. The molecule has 1 heterocycles. The van der Waals surface area contributed by atoms with Crippen LogP contribution in [-0.2, 0) is 9.53 Å². The van der Waals surface area contributed by atoms with E-state index in [2.05, 4.69) is 31.0 Å². The maximum absolute atomic E-state index is 11.7. The van der Waals surface area contributed by atoms with Crippen molar-refractivity contribution in [3.05, 3.63) is 0 Å². The summed E-state index contributed by atoms with van der Waals surface area (Å²) < 4.78 is 4.88. The van der Waals surface area contributed by atoms with Gasteiger partial charge in [-0.05, 0) is 52.6 Å². The molecule has 19 heavy (non-hydrogen) atoms. The zero-order valence-corrected chi connectivity index (χ0v) is 13.1. The molecular weight excluding hydrogens is 240 g/mol. The Labute approximate surface area is 117 Å². The summed E-state index contributed by atoms with van der Waals surface area (Å²) >= 11 is 0. The number of nitrogens with zero attached hydrogens (tertiary/aromatic N) is 1. The number of hydrogen-bond acceptors (Lipinski definition) is 4. The monoisotopic (exact) mass is 270 g/mol. The first-order valence-corrected chi connectivity index (χ1v) is 7.51. The van der Waals surface area contributed by atoms with Crippen molar-refractivity contribution < 1.29 is 9.53 Å². The van der Waals surface area contributed by atoms with Crippen LogP contribution in [-0.4, -0.2) is 49.7 Å². The molecule has 0 aromatic heterocycles. The predicted octanol–water partition coefficient (Wildman–Crippen LogP) is 1.89. The largest absolute Gasteiger partial charge is 0.469 e. The van der Waals surface area contributed by atoms with Gasteiger partial charge in [0.25, 0.3) is 0 Å². The van der Waals surface area contributed by atoms with Crippen molar-refractivity contribution in [3.63, 3.8) is 0 Å². The third-order valence-electron chi connectivity index (χ3n) is 4.35. The molecule has 0 bridgehead atoms. The Hall–Kier alpha value is -0.610. The average Bonchev–Trinajstić information content (AvgIpc) is 2.43. The molecule has 1 aliphatic rings. The molecule has 0 saturated carbocycles. The van der Waals surface area contributed by atoms with Gasteiger partial charge in [-0.25, -0.2) is 0 Å². The minimum absolute atomic E-state index is 0.0797. The van der Waals surface area contributed by atoms with Crippen molar-refractivity contribution in [2.45, 2.75) is 52.6 Å². The number of methoxy groups -OCH3 is 1. The molecule has 0 amide bonds. The third-order valence-corrected chi connectivity index (χ3v) is 4.35. The van der Waals surface area contributed by atoms with E-state index in [-0.39, 0.29) is 17.9 Å². The van der Waals surface area contributed by atoms with Crippen molar-refractivity contribution in [3.8, 4) is 0 Å². The minimum atomic E-state index is -0.111. The van der Waals surface area contributed by atoms with Crippen LogP contribution in [0, 0.1) is 11.8 Å². The number of carbonyl (C=O) groups excluding carboxylic acids is 1. The smallest absolute Gasteiger partial charge is 0.309 e. The molecule has 4 nitrogen and oxygen atoms in total. The van der Waals surface area contributed by atoms with E-state index in [0.717, 1.165) is 19.6 Å². The second-order valence-corrected chi connectivity index (χ2v) is 6.06. The van der Waals surface area contributed by atoms with Gasteiger partial charge < -0.3 is 10.1 Å². The second-order valence-electron chi connectivity index (χ2n) is 6.06. The molecule has 0 radical (unpaired) electrons. The number of nitrogens with one attached hydrogen (secondary N) is 1. The minimum Gasteiger partial charge on any atom is -0.469 e. The van der Waals surface area contributed by atoms with Crippen molar-refractivity contribution in [1.29, 1.82) is 0 Å². The molecule has 0 aromatic carbocycles. The standard InChI is InChI=1S/C15H30N2O2/c1-11(2)17(10-14-7-6-8-16-9-14)13(4)12(3)15(18)19-5/h11-14,16H,6-10H2,1-5H3. The van der Waals surface area contributed by atoms with Gasteiger partial charge in [0.15, 0.2) is 0 Å². The zero-order valence-electron chi connectivity index (χ0n) is 13.1. The number of ether oxygens (including phenoxy) is 1. The number of piperidine rings is 1. The SMILES string of the molecule is COC(=O)C(C)C(C)N(CC1CCCNC1)C(C)C. The van der Waals surface area contributed by atoms with Crippen LogP contribution >= 0.6 is 0 Å². The molecular formula is C15H30N2O2. The van der Waals surface area contributed by atoms with Gasteiger partial charge in [-0.2, -0.15) is 0 Å². The highest BCUT2D eigenvalue weighted by Gasteiger charge is 2.29. The van der Waals surface area contributed by atoms with Crippen molar-refractivity contribution >= 4 is 5.97 Å². The van der Waals surface area contributed by atoms with Crippen molar-refractivity contribution in [1.82, 2.24) is 10.2 Å². The predicted molar refractivity (Wildman–Crippen MR) is 78.1 cm³/mol. The maximum atomic E-state index is 11.7. The van der Waals surface area contributed by atoms with E-state index in [0.29, 0.717) is 12.0 Å². The molecule has 112 valence electrons. The molecule has 3 atom stereocenters. The summed E-state index contributed by atoms with van der Waals surface area (Å²) in [5, 5.41) is 3.46. The normalized spacial score (nSPS) is 23.4. The van der Waals surface area contributed by atoms with Crippen LogP contribution in [0.2, 0.25) is 0 Å². The van der Waals surface area contributed by atoms with Crippen LogP contribution in [0.4, 0.5) is 0 Å². The summed E-state index contributed by atoms with van der Waals surface area (Å²) in [5.41, 5.74) is 0. The van der Waals surface area contributed by atoms with Gasteiger partial charge in [-0.1, -0.05) is 6.92 Å². The summed E-state index contributed by atoms with van der Waals surface area (Å²) in [6.07, 6.45) is 2.55. The Kier molecular flexibility index (Phi) is 6.80. The van der Waals surface area contributed by atoms with Gasteiger partial charge in [0.2, 0.25) is 0 Å². The van der Waals surface area contributed by atoms with E-state index in [4.69, 9.17) is 4.74 Å². The first-order chi connectivity index (χ1) is 8.97. The van der Waals surface area contributed by atoms with E-state index in [9.17, 15) is 4.79 Å². The summed E-state index contributed by atoms with van der Waals surface area (Å²) in [4.78, 5) is 14.2. The maximum Gasteiger partial charge on any atom is 0.309 e. The van der Waals surface area contributed by atoms with E-state index >= 15 is 0 Å². The molecule has 0 aliphatic carbocycles. The first-order valence-electron chi connectivity index (χ1n) is 7.51. The lowest BCUT2D eigenvalue weighted by Gasteiger charge is -2.38. The fourth-order valence-electron chi connectivity index (χ4n) is 2.90. The van der Waals surface area contributed by atoms with Crippen LogP contribution in [0.1, 0.15) is 40.5 Å². The fraction of sp³-hybridized carbons (Fsp3) is 0.933. The highest BCUT2D eigenvalue weighted by Crippen LogP contribution is 2.20. The van der Waals surface area contributed by atoms with E-state index in [1.807, 2.05) is 6.92 Å². The molecule has 1 fully saturated rings. The second kappa shape index (κ2) is 7.85. The van der Waals surface area contributed by atoms with E-state index < -0.39 is 0 Å². The molecule has 0 aromatic rings. The van der Waals surface area contributed by atoms with Crippen molar-refractivity contribution in [2.75, 3.05) is 26.7 Å². The number of carbonyl (C=O) groups is 1. The van der Waals surface area contributed by atoms with Gasteiger partial charge in [0, 0.05) is 18.6 Å². The Morgan fingerprint density at radius 2 is 2.05 bits per heavy atom. The van der Waals surface area contributed by atoms with Crippen LogP contribution in [0.15, 0.2) is 0 Å². The van der Waals surface area contributed by atoms with E-state index in [1.165, 1.54) is 20.0 Å². The molecule has 1 rings (SSSR count). The summed E-state index contributed by atoms with van der Waals surface area (Å²) in [6.45, 7) is 11.8. The lowest BCUT2D eigenvalue weighted by molar-refractivity contribution is -0.147. The average molecular weight is 270 g/mol. The Balaban J connectivity index is 2.62. The lowest BCUT2D eigenvalue weighted by Crippen LogP contribution is -2.48. The van der Waals surface area contributed by atoms with Gasteiger partial charge in [-0.3, -0.25) is 9.69 Å². The van der Waals surface area contributed by atoms with Crippen LogP contribution in [0.5, 0.6) is 0 Å². The highest BCUT2D eigenvalue weighted by atomic mass is 16.5. The van der Waals surface area contributed by atoms with Gasteiger partial charge >= 0.3 is 5.97 Å². The molecule has 0 spiro atoms. The van der Waals surface area contributed by atoms with Gasteiger partial charge in [-0.15, -0.1) is 0 Å². The van der Waals surface area contributed by atoms with Crippen LogP contribution < -0.4 is 5.32 Å². The van der Waals surface area contributed by atoms with Gasteiger partial charge in [0.05, 0.1) is 13.0 Å². The van der Waals surface area contributed by atoms with Gasteiger partial charge in [0.1, 0.15) is 0 Å². The van der Waals surface area contributed by atoms with E-state index in [1.54, 1.807) is 0 Å². The molecule has 4 heteroatoms. The topological polar surface area (TPSA) is 41.6 Å². The number of rotatable bonds is 6. The summed E-state index contributed by atoms with van der Waals surface area (Å²) in [6, 6.07) is 0.665. The molecule has 1 aliphatic heterocycles. The lowest BCUT2D eigenvalue weighted by atomic mass is 9.95. The number of hydrogen-bond donors (Lipinski definition) is 1. The van der Waals surface area contributed by atoms with Crippen LogP contribution in [0.25, 0.3) is 0 Å². The number of esters is 1. The quantitative estimate of drug-likeness (QED) is 0.749. The first kappa shape index (κ1) is 16.4. The van der Waals surface area contributed by atoms with Crippen LogP contribution in [0.3, 0.4) is 0 Å². The Morgan fingerprint density at radius 1 is 1.37 bits per heavy atom. The zero-order chi connectivity index (χ0) is 14.4. The summed E-state index contributed by atoms with van der Waals surface area (Å²) in [7, 11) is 1.47.